The molecule has 2 aromatic heterocycles. The fourth-order valence-electron chi connectivity index (χ4n) is 1.94. The summed E-state index contributed by atoms with van der Waals surface area (Å²) in [7, 11) is 0. The second-order valence-corrected chi connectivity index (χ2v) is 5.70. The molecule has 20 heavy (non-hydrogen) atoms. The highest BCUT2D eigenvalue weighted by molar-refractivity contribution is 9.10. The van der Waals surface area contributed by atoms with Crippen molar-refractivity contribution in [1.29, 1.82) is 0 Å². The van der Waals surface area contributed by atoms with Crippen molar-refractivity contribution in [2.45, 2.75) is 33.1 Å². The van der Waals surface area contributed by atoms with E-state index in [2.05, 4.69) is 57.0 Å². The fourth-order valence-corrected chi connectivity index (χ4v) is 2.72. The van der Waals surface area contributed by atoms with Crippen molar-refractivity contribution in [1.82, 2.24) is 15.0 Å². The molecule has 2 rings (SSSR count). The van der Waals surface area contributed by atoms with E-state index in [9.17, 15) is 0 Å². The minimum absolute atomic E-state index is 0.345. The zero-order chi connectivity index (χ0) is 14.5. The summed E-state index contributed by atoms with van der Waals surface area (Å²) in [5.41, 5.74) is 2.15. The average Bonchev–Trinajstić information content (AvgIpc) is 2.43. The van der Waals surface area contributed by atoms with Gasteiger partial charge in [0.05, 0.1) is 10.2 Å². The molecule has 106 valence electrons. The Morgan fingerprint density at radius 2 is 2.10 bits per heavy atom. The zero-order valence-corrected chi connectivity index (χ0v) is 13.6. The first-order valence-corrected chi connectivity index (χ1v) is 7.60. The van der Waals surface area contributed by atoms with E-state index in [0.717, 1.165) is 33.9 Å². The van der Waals surface area contributed by atoms with Crippen LogP contribution in [0, 0.1) is 0 Å². The monoisotopic (exact) mass is 334 g/mol. The van der Waals surface area contributed by atoms with Crippen LogP contribution in [0.5, 0.6) is 0 Å². The van der Waals surface area contributed by atoms with Crippen LogP contribution >= 0.6 is 15.9 Å². The number of hydrogen-bond acceptors (Lipinski definition) is 4. The van der Waals surface area contributed by atoms with E-state index in [4.69, 9.17) is 0 Å². The van der Waals surface area contributed by atoms with Crippen molar-refractivity contribution >= 4 is 21.7 Å². The van der Waals surface area contributed by atoms with Crippen LogP contribution in [0.2, 0.25) is 0 Å². The van der Waals surface area contributed by atoms with Gasteiger partial charge in [-0.3, -0.25) is 4.98 Å². The lowest BCUT2D eigenvalue weighted by Crippen LogP contribution is -2.09. The molecule has 0 atom stereocenters. The second kappa shape index (κ2) is 6.79. The normalized spacial score (nSPS) is 10.8. The first-order valence-electron chi connectivity index (χ1n) is 6.80. The Balaban J connectivity index is 2.37. The van der Waals surface area contributed by atoms with Gasteiger partial charge in [-0.15, -0.1) is 0 Å². The fraction of sp³-hybridized carbons (Fsp3) is 0.400. The zero-order valence-electron chi connectivity index (χ0n) is 12.0. The summed E-state index contributed by atoms with van der Waals surface area (Å²) in [6.07, 6.45) is 4.32. The minimum atomic E-state index is 0.345. The molecule has 0 radical (unpaired) electrons. The van der Waals surface area contributed by atoms with Gasteiger partial charge in [-0.1, -0.05) is 19.9 Å². The van der Waals surface area contributed by atoms with Crippen LogP contribution in [0.3, 0.4) is 0 Å². The van der Waals surface area contributed by atoms with E-state index >= 15 is 0 Å². The molecule has 5 heteroatoms. The molecule has 0 aliphatic heterocycles. The lowest BCUT2D eigenvalue weighted by Gasteiger charge is -2.14. The Bertz CT molecular complexity index is 570. The third-order valence-electron chi connectivity index (χ3n) is 2.90. The Morgan fingerprint density at radius 3 is 2.70 bits per heavy atom. The van der Waals surface area contributed by atoms with E-state index in [1.165, 1.54) is 0 Å². The third kappa shape index (κ3) is 3.54. The van der Waals surface area contributed by atoms with Crippen LogP contribution in [0.25, 0.3) is 0 Å². The van der Waals surface area contributed by atoms with Crippen LogP contribution in [0.1, 0.15) is 43.8 Å². The average molecular weight is 335 g/mol. The molecule has 0 fully saturated rings. The third-order valence-corrected chi connectivity index (χ3v) is 3.68. The predicted octanol–water partition coefficient (Wildman–Crippen LogP) is 3.78. The maximum atomic E-state index is 4.68. The number of aromatic nitrogens is 3. The van der Waals surface area contributed by atoms with Crippen LogP contribution in [-0.4, -0.2) is 21.5 Å². The number of rotatable bonds is 5. The van der Waals surface area contributed by atoms with E-state index in [1.807, 2.05) is 18.3 Å². The van der Waals surface area contributed by atoms with E-state index in [0.29, 0.717) is 12.3 Å². The van der Waals surface area contributed by atoms with Gasteiger partial charge in [0.2, 0.25) is 0 Å². The van der Waals surface area contributed by atoms with Crippen molar-refractivity contribution in [3.8, 4) is 0 Å². The molecule has 0 saturated carbocycles. The van der Waals surface area contributed by atoms with Crippen LogP contribution in [-0.2, 0) is 6.42 Å². The first-order chi connectivity index (χ1) is 9.61. The smallest absolute Gasteiger partial charge is 0.144 e. The van der Waals surface area contributed by atoms with Crippen molar-refractivity contribution in [2.24, 2.45) is 0 Å². The van der Waals surface area contributed by atoms with Gasteiger partial charge in [0, 0.05) is 25.4 Å². The van der Waals surface area contributed by atoms with Crippen LogP contribution < -0.4 is 5.32 Å². The highest BCUT2D eigenvalue weighted by atomic mass is 79.9. The Morgan fingerprint density at radius 1 is 1.30 bits per heavy atom. The van der Waals surface area contributed by atoms with Crippen molar-refractivity contribution < 1.29 is 0 Å². The molecule has 0 bridgehead atoms. The van der Waals surface area contributed by atoms with Gasteiger partial charge >= 0.3 is 0 Å². The SMILES string of the molecule is CCNc1nc(Cc2cccnc2)nc(C(C)C)c1Br. The van der Waals surface area contributed by atoms with Gasteiger partial charge < -0.3 is 5.32 Å². The summed E-state index contributed by atoms with van der Waals surface area (Å²) in [6, 6.07) is 3.98. The number of halogens is 1. The highest BCUT2D eigenvalue weighted by Gasteiger charge is 2.14. The van der Waals surface area contributed by atoms with E-state index < -0.39 is 0 Å². The van der Waals surface area contributed by atoms with Gasteiger partial charge in [-0.2, -0.15) is 0 Å². The number of anilines is 1. The Labute approximate surface area is 128 Å². The summed E-state index contributed by atoms with van der Waals surface area (Å²) in [5.74, 6) is 2.03. The maximum absolute atomic E-state index is 4.68. The molecule has 0 amide bonds. The number of nitrogens with zero attached hydrogens (tertiary/aromatic N) is 3. The lowest BCUT2D eigenvalue weighted by molar-refractivity contribution is 0.784. The highest BCUT2D eigenvalue weighted by Crippen LogP contribution is 2.29. The molecular weight excluding hydrogens is 316 g/mol. The van der Waals surface area contributed by atoms with Gasteiger partial charge in [-0.25, -0.2) is 9.97 Å². The number of pyridine rings is 1. The molecule has 2 heterocycles. The molecule has 4 nitrogen and oxygen atoms in total. The van der Waals surface area contributed by atoms with Crippen LogP contribution in [0.15, 0.2) is 29.0 Å². The molecule has 1 N–H and O–H groups in total. The van der Waals surface area contributed by atoms with Gasteiger partial charge in [0.1, 0.15) is 11.6 Å². The van der Waals surface area contributed by atoms with E-state index in [1.54, 1.807) is 6.20 Å². The summed E-state index contributed by atoms with van der Waals surface area (Å²) < 4.78 is 0.962. The van der Waals surface area contributed by atoms with Crippen molar-refractivity contribution in [3.05, 3.63) is 46.1 Å². The topological polar surface area (TPSA) is 50.7 Å². The lowest BCUT2D eigenvalue weighted by atomic mass is 10.1. The van der Waals surface area contributed by atoms with E-state index in [-0.39, 0.29) is 0 Å². The number of hydrogen-bond donors (Lipinski definition) is 1. The molecule has 0 aliphatic carbocycles. The molecule has 0 saturated heterocycles. The summed E-state index contributed by atoms with van der Waals surface area (Å²) in [6.45, 7) is 7.16. The minimum Gasteiger partial charge on any atom is -0.369 e. The first kappa shape index (κ1) is 14.9. The summed E-state index contributed by atoms with van der Waals surface area (Å²) >= 11 is 3.60. The molecule has 0 unspecified atom stereocenters. The maximum Gasteiger partial charge on any atom is 0.144 e. The standard InChI is InChI=1S/C15H19BrN4/c1-4-18-15-13(16)14(10(2)3)19-12(20-15)8-11-6-5-7-17-9-11/h5-7,9-10H,4,8H2,1-3H3,(H,18,19,20). The molecule has 0 aromatic carbocycles. The predicted molar refractivity (Wildman–Crippen MR) is 85.0 cm³/mol. The molecular formula is C15H19BrN4. The molecule has 0 spiro atoms. The van der Waals surface area contributed by atoms with Crippen molar-refractivity contribution in [3.63, 3.8) is 0 Å². The molecule has 0 aliphatic rings. The van der Waals surface area contributed by atoms with Gasteiger partial charge in [-0.05, 0) is 40.4 Å². The van der Waals surface area contributed by atoms with Gasteiger partial charge in [0.25, 0.3) is 0 Å². The molecule has 2 aromatic rings. The Kier molecular flexibility index (Phi) is 5.06. The number of nitrogens with one attached hydrogen (secondary N) is 1. The summed E-state index contributed by atoms with van der Waals surface area (Å²) in [5, 5.41) is 3.28. The Hall–Kier alpha value is -1.49. The summed E-state index contributed by atoms with van der Waals surface area (Å²) in [4.78, 5) is 13.4. The second-order valence-electron chi connectivity index (χ2n) is 4.91. The largest absolute Gasteiger partial charge is 0.369 e. The van der Waals surface area contributed by atoms with Crippen LogP contribution in [0.4, 0.5) is 5.82 Å². The van der Waals surface area contributed by atoms with Crippen molar-refractivity contribution in [2.75, 3.05) is 11.9 Å². The quantitative estimate of drug-likeness (QED) is 0.903. The van der Waals surface area contributed by atoms with Gasteiger partial charge in [0.15, 0.2) is 0 Å².